The van der Waals surface area contributed by atoms with E-state index in [-0.39, 0.29) is 0 Å². The van der Waals surface area contributed by atoms with Gasteiger partial charge in [0.25, 0.3) is 0 Å². The summed E-state index contributed by atoms with van der Waals surface area (Å²) >= 11 is 0. The number of carboxylic acids is 1. The number of carbonyl (C=O) groups is 2. The highest BCUT2D eigenvalue weighted by Crippen LogP contribution is 2.17. The average Bonchev–Trinajstić information content (AvgIpc) is 2.20. The van der Waals surface area contributed by atoms with E-state index < -0.39 is 43.4 Å². The first-order chi connectivity index (χ1) is 8.04. The Morgan fingerprint density at radius 3 is 2.17 bits per heavy atom. The summed E-state index contributed by atoms with van der Waals surface area (Å²) in [6.45, 7) is 0.673. The highest BCUT2D eigenvalue weighted by atomic mass is 19.4. The van der Waals surface area contributed by atoms with Crippen molar-refractivity contribution in [2.75, 3.05) is 13.1 Å². The summed E-state index contributed by atoms with van der Waals surface area (Å²) < 4.78 is 36.6. The molecule has 0 aromatic heterocycles. The van der Waals surface area contributed by atoms with E-state index in [1.807, 2.05) is 5.32 Å². The minimum absolute atomic E-state index is 0.495. The van der Waals surface area contributed by atoms with Crippen molar-refractivity contribution >= 4 is 12.0 Å². The van der Waals surface area contributed by atoms with Gasteiger partial charge in [-0.15, -0.1) is 0 Å². The molecule has 0 aromatic rings. The molecule has 0 saturated carbocycles. The van der Waals surface area contributed by atoms with Crippen LogP contribution in [0.4, 0.5) is 18.0 Å². The number of rotatable bonds is 5. The number of nitrogens with one attached hydrogen (secondary N) is 1. The zero-order valence-electron chi connectivity index (χ0n) is 9.86. The molecule has 0 saturated heterocycles. The summed E-state index contributed by atoms with van der Waals surface area (Å²) in [5.74, 6) is -1.57. The van der Waals surface area contributed by atoms with Crippen molar-refractivity contribution in [3.05, 3.63) is 0 Å². The molecule has 18 heavy (non-hydrogen) atoms. The normalized spacial score (nSPS) is 13.3. The Morgan fingerprint density at radius 2 is 1.83 bits per heavy atom. The number of aliphatic hydroxyl groups excluding tert-OH is 1. The fourth-order valence-corrected chi connectivity index (χ4v) is 1.05. The Morgan fingerprint density at radius 1 is 1.33 bits per heavy atom. The van der Waals surface area contributed by atoms with Crippen molar-refractivity contribution in [2.24, 2.45) is 0 Å². The molecule has 0 radical (unpaired) electrons. The van der Waals surface area contributed by atoms with Crippen LogP contribution < -0.4 is 5.32 Å². The molecule has 0 unspecified atom stereocenters. The fourth-order valence-electron chi connectivity index (χ4n) is 1.05. The lowest BCUT2D eigenvalue weighted by molar-refractivity contribution is -0.147. The van der Waals surface area contributed by atoms with Gasteiger partial charge in [0, 0.05) is 6.04 Å². The molecular weight excluding hydrogens is 257 g/mol. The molecule has 0 bridgehead atoms. The summed E-state index contributed by atoms with van der Waals surface area (Å²) in [7, 11) is 0. The molecule has 0 aliphatic rings. The standard InChI is InChI=1S/C9H15F3N2O4/c1-5(2)14(4-9(10,11)12)8(18)13-3-6(15)7(16)17/h5-6,15H,3-4H2,1-2H3,(H,13,18)(H,16,17)/t6-/m0/s1. The van der Waals surface area contributed by atoms with Crippen molar-refractivity contribution < 1.29 is 33.0 Å². The van der Waals surface area contributed by atoms with Crippen LogP contribution in [0.1, 0.15) is 13.8 Å². The molecule has 0 rings (SSSR count). The number of aliphatic carboxylic acids is 1. The third-order valence-corrected chi connectivity index (χ3v) is 1.97. The number of hydrogen-bond donors (Lipinski definition) is 3. The zero-order chi connectivity index (χ0) is 14.5. The Bertz CT molecular complexity index is 307. The van der Waals surface area contributed by atoms with Gasteiger partial charge in [-0.2, -0.15) is 13.2 Å². The van der Waals surface area contributed by atoms with Gasteiger partial charge in [-0.05, 0) is 13.8 Å². The fraction of sp³-hybridized carbons (Fsp3) is 0.778. The van der Waals surface area contributed by atoms with Gasteiger partial charge in [0.15, 0.2) is 6.10 Å². The van der Waals surface area contributed by atoms with Crippen molar-refractivity contribution in [1.29, 1.82) is 0 Å². The number of alkyl halides is 3. The lowest BCUT2D eigenvalue weighted by Crippen LogP contribution is -2.50. The molecule has 1 atom stereocenters. The van der Waals surface area contributed by atoms with E-state index in [9.17, 15) is 22.8 Å². The van der Waals surface area contributed by atoms with Crippen LogP contribution in [0.25, 0.3) is 0 Å². The summed E-state index contributed by atoms with van der Waals surface area (Å²) in [6.07, 6.45) is -6.40. The van der Waals surface area contributed by atoms with Crippen molar-refractivity contribution in [1.82, 2.24) is 10.2 Å². The molecule has 0 spiro atoms. The van der Waals surface area contributed by atoms with Crippen LogP contribution in [0, 0.1) is 0 Å². The number of hydrogen-bond acceptors (Lipinski definition) is 3. The van der Waals surface area contributed by atoms with Crippen LogP contribution in [-0.2, 0) is 4.79 Å². The van der Waals surface area contributed by atoms with Gasteiger partial charge in [0.05, 0.1) is 6.54 Å². The van der Waals surface area contributed by atoms with Crippen molar-refractivity contribution in [3.8, 4) is 0 Å². The lowest BCUT2D eigenvalue weighted by Gasteiger charge is -2.28. The van der Waals surface area contributed by atoms with E-state index in [2.05, 4.69) is 0 Å². The maximum atomic E-state index is 12.2. The number of aliphatic hydroxyl groups is 1. The first-order valence-electron chi connectivity index (χ1n) is 5.06. The Hall–Kier alpha value is -1.51. The van der Waals surface area contributed by atoms with Gasteiger partial charge >= 0.3 is 18.2 Å². The predicted octanol–water partition coefficient (Wildman–Crippen LogP) is 0.414. The highest BCUT2D eigenvalue weighted by Gasteiger charge is 2.34. The van der Waals surface area contributed by atoms with Crippen molar-refractivity contribution in [3.63, 3.8) is 0 Å². The predicted molar refractivity (Wildman–Crippen MR) is 54.9 cm³/mol. The van der Waals surface area contributed by atoms with E-state index in [4.69, 9.17) is 10.2 Å². The second kappa shape index (κ2) is 6.43. The second-order valence-corrected chi connectivity index (χ2v) is 3.88. The Balaban J connectivity index is 4.46. The third kappa shape index (κ3) is 6.28. The first-order valence-corrected chi connectivity index (χ1v) is 5.06. The number of nitrogens with zero attached hydrogens (tertiary/aromatic N) is 1. The van der Waals surface area contributed by atoms with Crippen LogP contribution >= 0.6 is 0 Å². The van der Waals surface area contributed by atoms with Gasteiger partial charge in [-0.1, -0.05) is 0 Å². The molecule has 6 nitrogen and oxygen atoms in total. The lowest BCUT2D eigenvalue weighted by atomic mass is 10.3. The van der Waals surface area contributed by atoms with E-state index >= 15 is 0 Å². The van der Waals surface area contributed by atoms with E-state index in [0.29, 0.717) is 4.90 Å². The SMILES string of the molecule is CC(C)N(CC(F)(F)F)C(=O)NC[C@H](O)C(=O)O. The summed E-state index contributed by atoms with van der Waals surface area (Å²) in [4.78, 5) is 22.1. The smallest absolute Gasteiger partial charge is 0.406 e. The Kier molecular flexibility index (Phi) is 5.89. The van der Waals surface area contributed by atoms with Gasteiger partial charge in [-0.3, -0.25) is 0 Å². The van der Waals surface area contributed by atoms with Gasteiger partial charge in [-0.25, -0.2) is 9.59 Å². The molecule has 0 aliphatic carbocycles. The van der Waals surface area contributed by atoms with Gasteiger partial charge < -0.3 is 20.4 Å². The van der Waals surface area contributed by atoms with Gasteiger partial charge in [0.2, 0.25) is 0 Å². The molecule has 9 heteroatoms. The van der Waals surface area contributed by atoms with E-state index in [1.165, 1.54) is 13.8 Å². The van der Waals surface area contributed by atoms with Crippen LogP contribution in [0.2, 0.25) is 0 Å². The molecule has 0 aliphatic heterocycles. The first kappa shape index (κ1) is 16.5. The molecule has 106 valence electrons. The molecule has 0 heterocycles. The second-order valence-electron chi connectivity index (χ2n) is 3.88. The van der Waals surface area contributed by atoms with Crippen LogP contribution in [0.3, 0.4) is 0 Å². The minimum atomic E-state index is -4.55. The largest absolute Gasteiger partial charge is 0.479 e. The molecular formula is C9H15F3N2O4. The summed E-state index contributed by atoms with van der Waals surface area (Å²) in [6, 6.07) is -1.80. The maximum Gasteiger partial charge on any atom is 0.406 e. The zero-order valence-corrected chi connectivity index (χ0v) is 9.86. The number of amides is 2. The number of urea groups is 1. The Labute approximate surface area is 101 Å². The third-order valence-electron chi connectivity index (χ3n) is 1.97. The van der Waals surface area contributed by atoms with Crippen molar-refractivity contribution in [2.45, 2.75) is 32.2 Å². The monoisotopic (exact) mass is 272 g/mol. The minimum Gasteiger partial charge on any atom is -0.479 e. The molecule has 0 aromatic carbocycles. The van der Waals surface area contributed by atoms with E-state index in [0.717, 1.165) is 0 Å². The van der Waals surface area contributed by atoms with Crippen LogP contribution in [0.15, 0.2) is 0 Å². The highest BCUT2D eigenvalue weighted by molar-refractivity contribution is 5.77. The average molecular weight is 272 g/mol. The molecule has 2 amide bonds. The molecule has 0 fully saturated rings. The topological polar surface area (TPSA) is 89.9 Å². The summed E-state index contributed by atoms with van der Waals surface area (Å²) in [5, 5.41) is 19.1. The van der Waals surface area contributed by atoms with E-state index in [1.54, 1.807) is 0 Å². The van der Waals surface area contributed by atoms with Gasteiger partial charge in [0.1, 0.15) is 6.54 Å². The quantitative estimate of drug-likeness (QED) is 0.676. The number of carbonyl (C=O) groups excluding carboxylic acids is 1. The van der Waals surface area contributed by atoms with Crippen LogP contribution in [-0.4, -0.2) is 58.5 Å². The van der Waals surface area contributed by atoms with Crippen LogP contribution in [0.5, 0.6) is 0 Å². The summed E-state index contributed by atoms with van der Waals surface area (Å²) in [5.41, 5.74) is 0. The number of halogens is 3. The number of carboxylic acid groups (broad SMARTS) is 1. The molecule has 3 N–H and O–H groups in total. The maximum absolute atomic E-state index is 12.2.